The van der Waals surface area contributed by atoms with Crippen LogP contribution in [0.25, 0.3) is 0 Å². The van der Waals surface area contributed by atoms with Gasteiger partial charge in [0.05, 0.1) is 18.3 Å². The molecule has 0 spiro atoms. The summed E-state index contributed by atoms with van der Waals surface area (Å²) in [7, 11) is -3.18. The highest BCUT2D eigenvalue weighted by Crippen LogP contribution is 2.50. The Kier molecular flexibility index (Phi) is 7.44. The van der Waals surface area contributed by atoms with E-state index in [-0.39, 0.29) is 24.7 Å². The zero-order chi connectivity index (χ0) is 12.8. The van der Waals surface area contributed by atoms with Gasteiger partial charge in [0.15, 0.2) is 0 Å². The lowest BCUT2D eigenvalue weighted by Crippen LogP contribution is -2.22. The van der Waals surface area contributed by atoms with Crippen LogP contribution in [0.3, 0.4) is 0 Å². The summed E-state index contributed by atoms with van der Waals surface area (Å²) in [6.07, 6.45) is -0.538. The molecule has 0 radical (unpaired) electrons. The van der Waals surface area contributed by atoms with Crippen LogP contribution in [0.1, 0.15) is 34.6 Å². The highest BCUT2D eigenvalue weighted by Gasteiger charge is 2.28. The Morgan fingerprint density at radius 1 is 1.06 bits per heavy atom. The summed E-state index contributed by atoms with van der Waals surface area (Å²) < 4.78 is 28.2. The summed E-state index contributed by atoms with van der Waals surface area (Å²) in [6.45, 7) is 9.43. The lowest BCUT2D eigenvalue weighted by Gasteiger charge is -2.23. The molecule has 0 heterocycles. The van der Waals surface area contributed by atoms with Crippen molar-refractivity contribution >= 4 is 7.60 Å². The fourth-order valence-corrected chi connectivity index (χ4v) is 2.91. The third-order valence-electron chi connectivity index (χ3n) is 1.59. The molecule has 0 rings (SSSR count). The highest BCUT2D eigenvalue weighted by atomic mass is 31.2. The number of rotatable bonds is 8. The Balaban J connectivity index is 4.36. The van der Waals surface area contributed by atoms with Gasteiger partial charge in [-0.1, -0.05) is 0 Å². The van der Waals surface area contributed by atoms with E-state index in [1.165, 1.54) is 0 Å². The smallest absolute Gasteiger partial charge is 0.356 e. The lowest BCUT2D eigenvalue weighted by molar-refractivity contribution is 0.0668. The van der Waals surface area contributed by atoms with E-state index in [4.69, 9.17) is 19.5 Å². The first-order valence-electron chi connectivity index (χ1n) is 5.56. The van der Waals surface area contributed by atoms with E-state index in [2.05, 4.69) is 0 Å². The van der Waals surface area contributed by atoms with Crippen LogP contribution in [0.2, 0.25) is 0 Å². The van der Waals surface area contributed by atoms with Gasteiger partial charge in [-0.3, -0.25) is 4.57 Å². The molecule has 0 fully saturated rings. The van der Waals surface area contributed by atoms with Crippen molar-refractivity contribution in [3.63, 3.8) is 0 Å². The fourth-order valence-electron chi connectivity index (χ4n) is 1.01. The van der Waals surface area contributed by atoms with Gasteiger partial charge < -0.3 is 19.5 Å². The maximum atomic E-state index is 12.2. The summed E-state index contributed by atoms with van der Waals surface area (Å²) in [6, 6.07) is 0. The van der Waals surface area contributed by atoms with E-state index in [9.17, 15) is 4.57 Å². The second kappa shape index (κ2) is 7.41. The normalized spacial score (nSPS) is 14.8. The van der Waals surface area contributed by atoms with Crippen LogP contribution >= 0.6 is 7.60 Å². The molecular formula is C10H24NO4P. The molecule has 0 aromatic heterocycles. The van der Waals surface area contributed by atoms with Crippen LogP contribution in [0.5, 0.6) is 0 Å². The van der Waals surface area contributed by atoms with Crippen LogP contribution in [0.4, 0.5) is 0 Å². The van der Waals surface area contributed by atoms with E-state index in [1.54, 1.807) is 0 Å². The van der Waals surface area contributed by atoms with Gasteiger partial charge in [-0.25, -0.2) is 0 Å². The van der Waals surface area contributed by atoms with Crippen molar-refractivity contribution in [1.29, 1.82) is 0 Å². The molecule has 0 aromatic rings. The van der Waals surface area contributed by atoms with Crippen molar-refractivity contribution < 1.29 is 18.3 Å². The van der Waals surface area contributed by atoms with Gasteiger partial charge >= 0.3 is 7.60 Å². The van der Waals surface area contributed by atoms with Gasteiger partial charge in [0.25, 0.3) is 0 Å². The third kappa shape index (κ3) is 7.36. The Bertz CT molecular complexity index is 219. The van der Waals surface area contributed by atoms with Crippen molar-refractivity contribution in [2.75, 3.05) is 12.9 Å². The van der Waals surface area contributed by atoms with Gasteiger partial charge in [-0.15, -0.1) is 0 Å². The Morgan fingerprint density at radius 3 is 1.81 bits per heavy atom. The molecular weight excluding hydrogens is 229 g/mol. The SMILES string of the molecule is CC(C)OP(=O)(CO[C@@H](C)CN)OC(C)C. The number of hydrogen-bond acceptors (Lipinski definition) is 5. The Morgan fingerprint density at radius 2 is 1.50 bits per heavy atom. The molecule has 0 bridgehead atoms. The van der Waals surface area contributed by atoms with Crippen molar-refractivity contribution in [3.05, 3.63) is 0 Å². The fraction of sp³-hybridized carbons (Fsp3) is 1.00. The molecule has 6 heteroatoms. The monoisotopic (exact) mass is 253 g/mol. The third-order valence-corrected chi connectivity index (χ3v) is 3.54. The first kappa shape index (κ1) is 16.1. The quantitative estimate of drug-likeness (QED) is 0.672. The minimum Gasteiger partial charge on any atom is -0.365 e. The molecule has 2 N–H and O–H groups in total. The summed E-state index contributed by atoms with van der Waals surface area (Å²) in [5.74, 6) is 0. The summed E-state index contributed by atoms with van der Waals surface area (Å²) in [5, 5.41) is 0. The number of hydrogen-bond donors (Lipinski definition) is 1. The predicted octanol–water partition coefficient (Wildman–Crippen LogP) is 2.35. The van der Waals surface area contributed by atoms with E-state index in [1.807, 2.05) is 34.6 Å². The second-order valence-corrected chi connectivity index (χ2v) is 6.16. The summed E-state index contributed by atoms with van der Waals surface area (Å²) in [4.78, 5) is 0. The minimum absolute atomic E-state index is 0.0538. The molecule has 0 aromatic carbocycles. The largest absolute Gasteiger partial charge is 0.365 e. The van der Waals surface area contributed by atoms with Crippen LogP contribution in [-0.2, 0) is 18.3 Å². The van der Waals surface area contributed by atoms with E-state index in [0.717, 1.165) is 0 Å². The molecule has 0 aliphatic carbocycles. The highest BCUT2D eigenvalue weighted by molar-refractivity contribution is 7.53. The van der Waals surface area contributed by atoms with Crippen LogP contribution in [0, 0.1) is 0 Å². The Labute approximate surface area is 98.2 Å². The maximum Gasteiger partial charge on any atom is 0.356 e. The first-order valence-corrected chi connectivity index (χ1v) is 7.29. The minimum atomic E-state index is -3.18. The molecule has 5 nitrogen and oxygen atoms in total. The molecule has 0 aliphatic rings. The van der Waals surface area contributed by atoms with Gasteiger partial charge in [0.1, 0.15) is 6.35 Å². The predicted molar refractivity (Wildman–Crippen MR) is 64.5 cm³/mol. The van der Waals surface area contributed by atoms with E-state index < -0.39 is 7.60 Å². The number of ether oxygens (including phenoxy) is 1. The van der Waals surface area contributed by atoms with Gasteiger partial charge in [0, 0.05) is 6.54 Å². The molecule has 0 aliphatic heterocycles. The van der Waals surface area contributed by atoms with Crippen molar-refractivity contribution in [1.82, 2.24) is 0 Å². The van der Waals surface area contributed by atoms with Crippen LogP contribution in [-0.4, -0.2) is 31.2 Å². The first-order chi connectivity index (χ1) is 7.29. The van der Waals surface area contributed by atoms with Crippen molar-refractivity contribution in [2.24, 2.45) is 5.73 Å². The Hall–Kier alpha value is 0.0700. The maximum absolute atomic E-state index is 12.2. The molecule has 0 unspecified atom stereocenters. The average Bonchev–Trinajstić information content (AvgIpc) is 2.11. The zero-order valence-electron chi connectivity index (χ0n) is 10.8. The zero-order valence-corrected chi connectivity index (χ0v) is 11.7. The van der Waals surface area contributed by atoms with Gasteiger partial charge in [-0.2, -0.15) is 0 Å². The lowest BCUT2D eigenvalue weighted by atomic mass is 10.4. The van der Waals surface area contributed by atoms with E-state index >= 15 is 0 Å². The standard InChI is InChI=1S/C10H24NO4P/c1-8(2)14-16(12,15-9(3)4)7-13-10(5)6-11/h8-10H,6-7,11H2,1-5H3/t10-/m0/s1. The molecule has 1 atom stereocenters. The van der Waals surface area contributed by atoms with Crippen molar-refractivity contribution in [2.45, 2.75) is 52.9 Å². The second-order valence-electron chi connectivity index (χ2n) is 4.26. The molecule has 98 valence electrons. The molecule has 0 amide bonds. The van der Waals surface area contributed by atoms with Gasteiger partial charge in [0.2, 0.25) is 0 Å². The average molecular weight is 253 g/mol. The summed E-state index contributed by atoms with van der Waals surface area (Å²) >= 11 is 0. The van der Waals surface area contributed by atoms with Crippen LogP contribution < -0.4 is 5.73 Å². The van der Waals surface area contributed by atoms with Gasteiger partial charge in [-0.05, 0) is 34.6 Å². The van der Waals surface area contributed by atoms with Crippen molar-refractivity contribution in [3.8, 4) is 0 Å². The van der Waals surface area contributed by atoms with E-state index in [0.29, 0.717) is 6.54 Å². The number of nitrogens with two attached hydrogens (primary N) is 1. The summed E-state index contributed by atoms with van der Waals surface area (Å²) in [5.41, 5.74) is 5.41. The molecule has 0 saturated heterocycles. The topological polar surface area (TPSA) is 70.8 Å². The van der Waals surface area contributed by atoms with Crippen LogP contribution in [0.15, 0.2) is 0 Å². The molecule has 0 saturated carbocycles. The molecule has 16 heavy (non-hydrogen) atoms.